The van der Waals surface area contributed by atoms with E-state index in [9.17, 15) is 14.4 Å². The molecule has 1 saturated carbocycles. The molecule has 1 saturated heterocycles. The zero-order chi connectivity index (χ0) is 27.3. The van der Waals surface area contributed by atoms with Gasteiger partial charge in [0.2, 0.25) is 11.9 Å². The van der Waals surface area contributed by atoms with Crippen LogP contribution in [0.3, 0.4) is 0 Å². The molecule has 2 fully saturated rings. The molecule has 5 heterocycles. The molecule has 4 aromatic heterocycles. The third kappa shape index (κ3) is 4.33. The van der Waals surface area contributed by atoms with Gasteiger partial charge in [0.05, 0.1) is 31.0 Å². The van der Waals surface area contributed by atoms with Crippen molar-refractivity contribution in [1.29, 1.82) is 0 Å². The van der Waals surface area contributed by atoms with Crippen molar-refractivity contribution in [2.75, 3.05) is 23.3 Å². The summed E-state index contributed by atoms with van der Waals surface area (Å²) in [5, 5.41) is 2.76. The van der Waals surface area contributed by atoms with Crippen molar-refractivity contribution >= 4 is 28.8 Å². The number of hydrogen-bond acceptors (Lipinski definition) is 9. The molecular weight excluding hydrogens is 500 g/mol. The zero-order valence-corrected chi connectivity index (χ0v) is 21.7. The second-order valence-electron chi connectivity index (χ2n) is 9.87. The van der Waals surface area contributed by atoms with Crippen LogP contribution in [0.2, 0.25) is 0 Å². The molecule has 4 aromatic rings. The number of rotatable bonds is 6. The van der Waals surface area contributed by atoms with Crippen LogP contribution in [0.4, 0.5) is 11.8 Å². The normalized spacial score (nSPS) is 18.4. The lowest BCUT2D eigenvalue weighted by Gasteiger charge is -2.17. The largest absolute Gasteiger partial charge is 0.340 e. The highest BCUT2D eigenvalue weighted by molar-refractivity contribution is 5.93. The van der Waals surface area contributed by atoms with E-state index in [0.29, 0.717) is 17.2 Å². The third-order valence-corrected chi connectivity index (χ3v) is 7.35. The smallest absolute Gasteiger partial charge is 0.333 e. The molecule has 2 aliphatic rings. The summed E-state index contributed by atoms with van der Waals surface area (Å²) in [6, 6.07) is -0.842. The summed E-state index contributed by atoms with van der Waals surface area (Å²) in [6.45, 7) is 5.21. The molecule has 0 radical (unpaired) electrons. The van der Waals surface area contributed by atoms with Crippen molar-refractivity contribution in [2.24, 2.45) is 18.9 Å². The number of imidazole rings is 1. The molecule has 1 aliphatic carbocycles. The molecule has 1 amide bonds. The minimum absolute atomic E-state index is 0.0597. The quantitative estimate of drug-likeness (QED) is 0.361. The zero-order valence-electron chi connectivity index (χ0n) is 21.7. The summed E-state index contributed by atoms with van der Waals surface area (Å²) in [7, 11) is 1.52. The SMILES string of the molecule is CC#CCn1c(=O)c2c(ncn2[C@@H](C)C(=O)Nc2cncc(-c3cnc(N4CC5CC5C4)nc3)n2)n(C)c1=O. The fourth-order valence-corrected chi connectivity index (χ4v) is 4.98. The van der Waals surface area contributed by atoms with Gasteiger partial charge in [-0.2, -0.15) is 0 Å². The standard InChI is InChI=1S/C26H26N10O3/c1-4-5-6-35-24(38)21-22(33(3)26(35)39)30-14-36(21)15(2)23(37)32-20-11-27-10-19(31-20)18-8-28-25(29-9-18)34-12-16-7-17(16)13-34/h8-11,14-17H,6-7,12-13H2,1-3H3,(H,31,32,37)/t15-,16?,17?/m0/s1. The number of hydrogen-bond donors (Lipinski definition) is 1. The number of piperidine rings is 1. The predicted octanol–water partition coefficient (Wildman–Crippen LogP) is 0.823. The topological polar surface area (TPSA) is 146 Å². The Morgan fingerprint density at radius 1 is 1.13 bits per heavy atom. The minimum Gasteiger partial charge on any atom is -0.340 e. The first-order valence-electron chi connectivity index (χ1n) is 12.6. The van der Waals surface area contributed by atoms with Crippen LogP contribution in [0, 0.1) is 23.7 Å². The van der Waals surface area contributed by atoms with E-state index in [1.807, 2.05) is 0 Å². The van der Waals surface area contributed by atoms with Crippen molar-refractivity contribution < 1.29 is 4.79 Å². The van der Waals surface area contributed by atoms with Crippen LogP contribution < -0.4 is 21.5 Å². The van der Waals surface area contributed by atoms with Gasteiger partial charge >= 0.3 is 5.69 Å². The Kier molecular flexibility index (Phi) is 5.94. The van der Waals surface area contributed by atoms with Gasteiger partial charge in [-0.15, -0.1) is 5.92 Å². The maximum Gasteiger partial charge on any atom is 0.333 e. The van der Waals surface area contributed by atoms with Gasteiger partial charge in [-0.1, -0.05) is 5.92 Å². The highest BCUT2D eigenvalue weighted by atomic mass is 16.2. The first kappa shape index (κ1) is 24.5. The summed E-state index contributed by atoms with van der Waals surface area (Å²) < 4.78 is 3.73. The van der Waals surface area contributed by atoms with Crippen LogP contribution in [-0.2, 0) is 18.4 Å². The number of carbonyl (C=O) groups excluding carboxylic acids is 1. The molecule has 3 atom stereocenters. The molecule has 0 bridgehead atoms. The lowest BCUT2D eigenvalue weighted by atomic mass is 10.2. The van der Waals surface area contributed by atoms with Crippen LogP contribution in [0.1, 0.15) is 26.3 Å². The lowest BCUT2D eigenvalue weighted by molar-refractivity contribution is -0.118. The third-order valence-electron chi connectivity index (χ3n) is 7.35. The monoisotopic (exact) mass is 526 g/mol. The number of nitrogens with one attached hydrogen (secondary N) is 1. The summed E-state index contributed by atoms with van der Waals surface area (Å²) in [4.78, 5) is 63.1. The van der Waals surface area contributed by atoms with E-state index >= 15 is 0 Å². The van der Waals surface area contributed by atoms with Crippen molar-refractivity contribution in [3.8, 4) is 23.1 Å². The summed E-state index contributed by atoms with van der Waals surface area (Å²) in [6.07, 6.45) is 9.11. The molecule has 2 unspecified atom stereocenters. The van der Waals surface area contributed by atoms with E-state index in [1.54, 1.807) is 32.4 Å². The lowest BCUT2D eigenvalue weighted by Crippen LogP contribution is -2.40. The van der Waals surface area contributed by atoms with Gasteiger partial charge in [-0.25, -0.2) is 29.3 Å². The first-order chi connectivity index (χ1) is 18.9. The molecule has 6 rings (SSSR count). The highest BCUT2D eigenvalue weighted by Gasteiger charge is 2.45. The molecular formula is C26H26N10O3. The molecule has 39 heavy (non-hydrogen) atoms. The van der Waals surface area contributed by atoms with E-state index in [0.717, 1.165) is 29.5 Å². The van der Waals surface area contributed by atoms with E-state index in [4.69, 9.17) is 0 Å². The van der Waals surface area contributed by atoms with Crippen molar-refractivity contribution in [2.45, 2.75) is 32.9 Å². The molecule has 198 valence electrons. The molecule has 13 nitrogen and oxygen atoms in total. The van der Waals surface area contributed by atoms with Gasteiger partial charge in [-0.05, 0) is 32.1 Å². The molecule has 0 spiro atoms. The van der Waals surface area contributed by atoms with Crippen LogP contribution in [0.15, 0.2) is 40.7 Å². The second-order valence-corrected chi connectivity index (χ2v) is 9.87. The van der Waals surface area contributed by atoms with Crippen molar-refractivity contribution in [3.63, 3.8) is 0 Å². The summed E-state index contributed by atoms with van der Waals surface area (Å²) >= 11 is 0. The van der Waals surface area contributed by atoms with Crippen LogP contribution in [-0.4, -0.2) is 57.6 Å². The van der Waals surface area contributed by atoms with E-state index in [1.165, 1.54) is 35.1 Å². The van der Waals surface area contributed by atoms with Gasteiger partial charge < -0.3 is 14.8 Å². The Morgan fingerprint density at radius 2 is 1.87 bits per heavy atom. The maximum atomic E-state index is 13.2. The molecule has 1 aliphatic heterocycles. The highest BCUT2D eigenvalue weighted by Crippen LogP contribution is 2.45. The average Bonchev–Trinajstić information content (AvgIpc) is 3.33. The van der Waals surface area contributed by atoms with Crippen LogP contribution >= 0.6 is 0 Å². The number of nitrogens with zero attached hydrogens (tertiary/aromatic N) is 9. The molecule has 0 aromatic carbocycles. The average molecular weight is 527 g/mol. The number of carbonyl (C=O) groups is 1. The minimum atomic E-state index is -0.842. The van der Waals surface area contributed by atoms with Gasteiger partial charge in [0, 0.05) is 38.1 Å². The fourth-order valence-electron chi connectivity index (χ4n) is 4.98. The number of anilines is 2. The Labute approximate surface area is 222 Å². The Morgan fingerprint density at radius 3 is 2.59 bits per heavy atom. The number of aryl methyl sites for hydroxylation is 1. The van der Waals surface area contributed by atoms with Gasteiger partial charge in [0.15, 0.2) is 17.0 Å². The van der Waals surface area contributed by atoms with E-state index in [-0.39, 0.29) is 23.5 Å². The predicted molar refractivity (Wildman–Crippen MR) is 143 cm³/mol. The Bertz CT molecular complexity index is 1770. The molecule has 1 N–H and O–H groups in total. The van der Waals surface area contributed by atoms with E-state index < -0.39 is 23.2 Å². The number of amides is 1. The van der Waals surface area contributed by atoms with Crippen LogP contribution in [0.5, 0.6) is 0 Å². The first-order valence-corrected chi connectivity index (χ1v) is 12.6. The summed E-state index contributed by atoms with van der Waals surface area (Å²) in [5.74, 6) is 7.50. The summed E-state index contributed by atoms with van der Waals surface area (Å²) in [5.41, 5.74) is 0.408. The van der Waals surface area contributed by atoms with Gasteiger partial charge in [0.25, 0.3) is 5.56 Å². The fraction of sp³-hybridized carbons (Fsp3) is 0.385. The number of aromatic nitrogens is 8. The molecule has 13 heteroatoms. The van der Waals surface area contributed by atoms with Gasteiger partial charge in [0.1, 0.15) is 6.04 Å². The second kappa shape index (κ2) is 9.46. The maximum absolute atomic E-state index is 13.2. The Balaban J connectivity index is 1.23. The van der Waals surface area contributed by atoms with E-state index in [2.05, 4.69) is 47.0 Å². The van der Waals surface area contributed by atoms with Crippen molar-refractivity contribution in [1.82, 2.24) is 38.6 Å². The van der Waals surface area contributed by atoms with Gasteiger partial charge in [-0.3, -0.25) is 19.1 Å². The van der Waals surface area contributed by atoms with Crippen LogP contribution in [0.25, 0.3) is 22.4 Å². The van der Waals surface area contributed by atoms with Crippen molar-refractivity contribution in [3.05, 3.63) is 52.0 Å². The Hall–Kier alpha value is -4.86. The number of fused-ring (bicyclic) bond motifs is 2.